The molecule has 0 unspecified atom stereocenters. The van der Waals surface area contributed by atoms with Gasteiger partial charge in [0.2, 0.25) is 0 Å². The zero-order valence-corrected chi connectivity index (χ0v) is 11.5. The van der Waals surface area contributed by atoms with Crippen molar-refractivity contribution in [1.29, 1.82) is 0 Å². The van der Waals surface area contributed by atoms with Crippen LogP contribution in [0.2, 0.25) is 0 Å². The summed E-state index contributed by atoms with van der Waals surface area (Å²) in [5, 5.41) is 2.95. The van der Waals surface area contributed by atoms with Crippen molar-refractivity contribution in [2.45, 2.75) is 25.7 Å². The smallest absolute Gasteiger partial charge is 0.263 e. The number of nitrogens with zero attached hydrogens (tertiary/aromatic N) is 1. The third-order valence-corrected chi connectivity index (χ3v) is 4.62. The molecule has 0 atom stereocenters. The molecule has 4 nitrogen and oxygen atoms in total. The number of carbonyl (C=O) groups is 1. The molecule has 0 spiro atoms. The average Bonchev–Trinajstić information content (AvgIpc) is 3.19. The largest absolute Gasteiger partial charge is 0.396 e. The fourth-order valence-electron chi connectivity index (χ4n) is 2.20. The number of nitrogens with two attached hydrogens (primary N) is 1. The minimum absolute atomic E-state index is 0.0729. The van der Waals surface area contributed by atoms with Crippen molar-refractivity contribution in [3.8, 4) is 0 Å². The van der Waals surface area contributed by atoms with Crippen molar-refractivity contribution in [2.24, 2.45) is 5.92 Å². The first-order chi connectivity index (χ1) is 9.25. The Balaban J connectivity index is 1.65. The van der Waals surface area contributed by atoms with Crippen LogP contribution in [0.4, 0.5) is 5.69 Å². The minimum Gasteiger partial charge on any atom is -0.396 e. The lowest BCUT2D eigenvalue weighted by atomic mass is 10.2. The number of rotatable bonds is 5. The Morgan fingerprint density at radius 3 is 3.11 bits per heavy atom. The van der Waals surface area contributed by atoms with Crippen molar-refractivity contribution in [3.63, 3.8) is 0 Å². The van der Waals surface area contributed by atoms with Crippen molar-refractivity contribution < 1.29 is 4.79 Å². The van der Waals surface area contributed by atoms with E-state index in [1.54, 1.807) is 6.20 Å². The molecule has 1 amide bonds. The number of anilines is 1. The molecule has 2 aromatic rings. The molecular weight excluding hydrogens is 258 g/mol. The molecule has 3 rings (SSSR count). The van der Waals surface area contributed by atoms with Crippen LogP contribution in [0.3, 0.4) is 0 Å². The molecular formula is C14H17N3OS. The summed E-state index contributed by atoms with van der Waals surface area (Å²) < 4.78 is 0.961. The Morgan fingerprint density at radius 2 is 2.37 bits per heavy atom. The van der Waals surface area contributed by atoms with Crippen LogP contribution < -0.4 is 11.1 Å². The Labute approximate surface area is 116 Å². The van der Waals surface area contributed by atoms with Gasteiger partial charge in [-0.2, -0.15) is 0 Å². The van der Waals surface area contributed by atoms with E-state index in [-0.39, 0.29) is 5.91 Å². The zero-order chi connectivity index (χ0) is 13.2. The summed E-state index contributed by atoms with van der Waals surface area (Å²) in [6, 6.07) is 3.79. The van der Waals surface area contributed by atoms with Crippen LogP contribution in [-0.2, 0) is 0 Å². The van der Waals surface area contributed by atoms with Crippen LogP contribution >= 0.6 is 11.3 Å². The van der Waals surface area contributed by atoms with E-state index in [0.717, 1.165) is 29.1 Å². The summed E-state index contributed by atoms with van der Waals surface area (Å²) in [6.07, 6.45) is 6.71. The number of carbonyl (C=O) groups excluding carboxylic acids is 1. The lowest BCUT2D eigenvalue weighted by molar-refractivity contribution is 0.0957. The number of nitrogens with one attached hydrogen (secondary N) is 1. The average molecular weight is 275 g/mol. The van der Waals surface area contributed by atoms with Gasteiger partial charge in [0.25, 0.3) is 5.91 Å². The lowest BCUT2D eigenvalue weighted by Crippen LogP contribution is -2.24. The van der Waals surface area contributed by atoms with E-state index in [0.29, 0.717) is 10.6 Å². The number of amides is 1. The quantitative estimate of drug-likeness (QED) is 0.824. The Bertz CT molecular complexity index is 604. The number of nitrogen functional groups attached to an aromatic ring is 1. The van der Waals surface area contributed by atoms with Gasteiger partial charge in [0.1, 0.15) is 10.4 Å². The van der Waals surface area contributed by atoms with E-state index in [2.05, 4.69) is 10.3 Å². The molecule has 1 fully saturated rings. The highest BCUT2D eigenvalue weighted by Gasteiger charge is 2.21. The number of fused-ring (bicyclic) bond motifs is 1. The van der Waals surface area contributed by atoms with Gasteiger partial charge in [0.15, 0.2) is 0 Å². The van der Waals surface area contributed by atoms with Gasteiger partial charge in [-0.05, 0) is 30.9 Å². The predicted octanol–water partition coefficient (Wildman–Crippen LogP) is 2.80. The molecule has 1 aliphatic carbocycles. The maximum atomic E-state index is 12.1. The first-order valence-electron chi connectivity index (χ1n) is 6.67. The van der Waals surface area contributed by atoms with Crippen LogP contribution in [0.25, 0.3) is 10.2 Å². The van der Waals surface area contributed by atoms with E-state index >= 15 is 0 Å². The van der Waals surface area contributed by atoms with E-state index in [4.69, 9.17) is 5.73 Å². The summed E-state index contributed by atoms with van der Waals surface area (Å²) in [6.45, 7) is 0.733. The molecule has 1 aliphatic rings. The molecule has 0 bridgehead atoms. The number of hydrogen-bond acceptors (Lipinski definition) is 4. The van der Waals surface area contributed by atoms with E-state index in [1.807, 2.05) is 12.1 Å². The van der Waals surface area contributed by atoms with Gasteiger partial charge in [0, 0.05) is 12.7 Å². The fourth-order valence-corrected chi connectivity index (χ4v) is 3.19. The summed E-state index contributed by atoms with van der Waals surface area (Å²) in [5.41, 5.74) is 7.22. The second kappa shape index (κ2) is 5.17. The van der Waals surface area contributed by atoms with Gasteiger partial charge in [-0.25, -0.2) is 0 Å². The Hall–Kier alpha value is -1.62. The van der Waals surface area contributed by atoms with Gasteiger partial charge in [0.05, 0.1) is 10.4 Å². The van der Waals surface area contributed by atoms with E-state index in [1.165, 1.54) is 30.6 Å². The van der Waals surface area contributed by atoms with Gasteiger partial charge >= 0.3 is 0 Å². The normalized spacial score (nSPS) is 14.7. The molecule has 1 saturated carbocycles. The standard InChI is InChI=1S/C14H17N3OS/c15-11-12-10(4-2-7-16-12)19-13(11)14(18)17-8-1-3-9-5-6-9/h2,4,7,9H,1,3,5-6,8,15H2,(H,17,18). The molecule has 0 aromatic carbocycles. The Morgan fingerprint density at radius 1 is 1.53 bits per heavy atom. The summed E-state index contributed by atoms with van der Waals surface area (Å²) in [7, 11) is 0. The van der Waals surface area contributed by atoms with Crippen molar-refractivity contribution in [3.05, 3.63) is 23.2 Å². The molecule has 0 saturated heterocycles. The first kappa shape index (κ1) is 12.4. The number of hydrogen-bond donors (Lipinski definition) is 2. The van der Waals surface area contributed by atoms with E-state index < -0.39 is 0 Å². The van der Waals surface area contributed by atoms with Crippen LogP contribution in [0.1, 0.15) is 35.4 Å². The van der Waals surface area contributed by atoms with Crippen molar-refractivity contribution in [2.75, 3.05) is 12.3 Å². The number of pyridine rings is 1. The molecule has 2 aromatic heterocycles. The Kier molecular flexibility index (Phi) is 3.38. The molecule has 100 valence electrons. The van der Waals surface area contributed by atoms with Gasteiger partial charge in [-0.3, -0.25) is 9.78 Å². The minimum atomic E-state index is -0.0729. The second-order valence-electron chi connectivity index (χ2n) is 5.04. The molecule has 19 heavy (non-hydrogen) atoms. The maximum Gasteiger partial charge on any atom is 0.263 e. The molecule has 2 heterocycles. The molecule has 0 radical (unpaired) electrons. The monoisotopic (exact) mass is 275 g/mol. The zero-order valence-electron chi connectivity index (χ0n) is 10.7. The third kappa shape index (κ3) is 2.71. The van der Waals surface area contributed by atoms with E-state index in [9.17, 15) is 4.79 Å². The van der Waals surface area contributed by atoms with Gasteiger partial charge in [-0.15, -0.1) is 11.3 Å². The summed E-state index contributed by atoms with van der Waals surface area (Å²) >= 11 is 1.41. The highest BCUT2D eigenvalue weighted by atomic mass is 32.1. The van der Waals surface area contributed by atoms with Crippen LogP contribution in [-0.4, -0.2) is 17.4 Å². The fraction of sp³-hybridized carbons (Fsp3) is 0.429. The van der Waals surface area contributed by atoms with Crippen LogP contribution in [0.5, 0.6) is 0 Å². The molecule has 5 heteroatoms. The van der Waals surface area contributed by atoms with Gasteiger partial charge in [-0.1, -0.05) is 12.8 Å². The second-order valence-corrected chi connectivity index (χ2v) is 6.09. The molecule has 3 N–H and O–H groups in total. The van der Waals surface area contributed by atoms with Crippen LogP contribution in [0.15, 0.2) is 18.3 Å². The van der Waals surface area contributed by atoms with Crippen molar-refractivity contribution in [1.82, 2.24) is 10.3 Å². The van der Waals surface area contributed by atoms with Crippen molar-refractivity contribution >= 4 is 33.1 Å². The highest BCUT2D eigenvalue weighted by molar-refractivity contribution is 7.21. The summed E-state index contributed by atoms with van der Waals surface area (Å²) in [5.74, 6) is 0.840. The maximum absolute atomic E-state index is 12.1. The first-order valence-corrected chi connectivity index (χ1v) is 7.48. The van der Waals surface area contributed by atoms with Gasteiger partial charge < -0.3 is 11.1 Å². The predicted molar refractivity (Wildman–Crippen MR) is 78.3 cm³/mol. The third-order valence-electron chi connectivity index (χ3n) is 3.46. The topological polar surface area (TPSA) is 68.0 Å². The number of thiophene rings is 1. The highest BCUT2D eigenvalue weighted by Crippen LogP contribution is 2.33. The lowest BCUT2D eigenvalue weighted by Gasteiger charge is -2.03. The number of aromatic nitrogens is 1. The molecule has 0 aliphatic heterocycles. The van der Waals surface area contributed by atoms with Crippen LogP contribution in [0, 0.1) is 5.92 Å². The summed E-state index contributed by atoms with van der Waals surface area (Å²) in [4.78, 5) is 16.9. The SMILES string of the molecule is Nc1c(C(=O)NCCCC2CC2)sc2cccnc12.